The van der Waals surface area contributed by atoms with E-state index >= 15 is 0 Å². The number of nitrogens with zero attached hydrogens (tertiary/aromatic N) is 1. The van der Waals surface area contributed by atoms with Crippen LogP contribution in [0, 0.1) is 0 Å². The Morgan fingerprint density at radius 3 is 2.77 bits per heavy atom. The van der Waals surface area contributed by atoms with E-state index in [1.807, 2.05) is 74.6 Å². The van der Waals surface area contributed by atoms with Gasteiger partial charge >= 0.3 is 5.91 Å². The van der Waals surface area contributed by atoms with Gasteiger partial charge in [0.1, 0.15) is 5.76 Å². The molecule has 3 rings (SSSR count). The predicted molar refractivity (Wildman–Crippen MR) is 88.3 cm³/mol. The number of benzene rings is 1. The smallest absolute Gasteiger partial charge is 0.307 e. The predicted octanol–water partition coefficient (Wildman–Crippen LogP) is 3.14. The lowest BCUT2D eigenvalue weighted by Gasteiger charge is -2.16. The Kier molecular flexibility index (Phi) is 5.72. The molecule has 1 aliphatic carbocycles. The van der Waals surface area contributed by atoms with Crippen LogP contribution in [0.15, 0.2) is 71.5 Å². The second kappa shape index (κ2) is 7.98. The summed E-state index contributed by atoms with van der Waals surface area (Å²) < 4.78 is 5.46. The van der Waals surface area contributed by atoms with Gasteiger partial charge in [-0.2, -0.15) is 0 Å². The summed E-state index contributed by atoms with van der Waals surface area (Å²) in [5.74, 6) is 0.465. The first-order valence-electron chi connectivity index (χ1n) is 7.46. The molecule has 22 heavy (non-hydrogen) atoms. The molecule has 2 bridgehead atoms. The maximum absolute atomic E-state index is 12.1. The fourth-order valence-electron chi connectivity index (χ4n) is 1.99. The van der Waals surface area contributed by atoms with Crippen molar-refractivity contribution in [3.05, 3.63) is 72.0 Å². The van der Waals surface area contributed by atoms with Crippen molar-refractivity contribution in [2.75, 3.05) is 0 Å². The topological polar surface area (TPSA) is 50.7 Å². The van der Waals surface area contributed by atoms with Gasteiger partial charge < -0.3 is 10.1 Å². The number of nitrogens with one attached hydrogen (secondary N) is 1. The number of ether oxygens (including phenoxy) is 1. The largest absolute Gasteiger partial charge is 0.435 e. The van der Waals surface area contributed by atoms with Crippen molar-refractivity contribution in [3.63, 3.8) is 0 Å². The Bertz CT molecular complexity index is 628. The Morgan fingerprint density at radius 1 is 1.23 bits per heavy atom. The average Bonchev–Trinajstić information content (AvgIpc) is 2.75. The van der Waals surface area contributed by atoms with Gasteiger partial charge in [0.2, 0.25) is 0 Å². The fourth-order valence-corrected chi connectivity index (χ4v) is 1.99. The molecule has 0 aromatic heterocycles. The summed E-state index contributed by atoms with van der Waals surface area (Å²) in [5, 5.41) is 2.81. The maximum atomic E-state index is 12.1. The van der Waals surface area contributed by atoms with Gasteiger partial charge in [0, 0.05) is 6.54 Å². The summed E-state index contributed by atoms with van der Waals surface area (Å²) in [4.78, 5) is 16.3. The molecule has 1 aliphatic heterocycles. The molecule has 0 fully saturated rings. The van der Waals surface area contributed by atoms with Crippen molar-refractivity contribution in [1.82, 2.24) is 5.32 Å². The summed E-state index contributed by atoms with van der Waals surface area (Å²) in [6, 6.07) is 9.59. The van der Waals surface area contributed by atoms with Crippen LogP contribution in [0.5, 0.6) is 0 Å². The molecule has 0 spiro atoms. The first kappa shape index (κ1) is 15.8. The molecule has 1 atom stereocenters. The average molecular weight is 296 g/mol. The normalized spacial score (nSPS) is 18.0. The molecule has 4 heteroatoms. The molecular weight excluding hydrogens is 276 g/mol. The number of allylic oxidation sites excluding steroid dienone is 3. The van der Waals surface area contributed by atoms with Crippen molar-refractivity contribution >= 4 is 11.8 Å². The van der Waals surface area contributed by atoms with Crippen molar-refractivity contribution < 1.29 is 9.53 Å². The van der Waals surface area contributed by atoms with Gasteiger partial charge in [-0.3, -0.25) is 4.79 Å². The van der Waals surface area contributed by atoms with Crippen LogP contribution in [0.2, 0.25) is 0 Å². The van der Waals surface area contributed by atoms with Gasteiger partial charge in [0.25, 0.3) is 5.90 Å². The quantitative estimate of drug-likeness (QED) is 0.931. The number of aliphatic imine (C=N–C) groups is 1. The Balaban J connectivity index is 0.000000847. The number of hydrogen-bond acceptors (Lipinski definition) is 3. The molecule has 0 saturated carbocycles. The number of hydrogen-bond donors (Lipinski definition) is 1. The molecule has 1 N–H and O–H groups in total. The SMILES string of the molecule is CC.O=C(NCc1ccccc1)C1=NC2C=CC=CC(=C2)O1. The van der Waals surface area contributed by atoms with E-state index in [2.05, 4.69) is 10.3 Å². The zero-order valence-electron chi connectivity index (χ0n) is 12.8. The molecule has 1 aromatic rings. The highest BCUT2D eigenvalue weighted by atomic mass is 16.5. The molecular formula is C18H20N2O2. The molecule has 4 nitrogen and oxygen atoms in total. The highest BCUT2D eigenvalue weighted by molar-refractivity contribution is 6.35. The zero-order valence-corrected chi connectivity index (χ0v) is 12.8. The highest BCUT2D eigenvalue weighted by Gasteiger charge is 2.21. The number of amides is 1. The standard InChI is InChI=1S/C16H14N2O2.C2H6/c19-15(17-11-12-6-2-1-3-7-12)16-18-13-8-4-5-9-14(10-13)20-16;1-2/h1-10,13H,11H2,(H,17,19);1-2H3. The third-order valence-corrected chi connectivity index (χ3v) is 2.99. The van der Waals surface area contributed by atoms with E-state index in [9.17, 15) is 4.79 Å². The van der Waals surface area contributed by atoms with E-state index in [1.54, 1.807) is 0 Å². The minimum atomic E-state index is -0.298. The molecule has 1 amide bonds. The molecule has 1 heterocycles. The third kappa shape index (κ3) is 4.19. The minimum Gasteiger partial charge on any atom is -0.435 e. The van der Waals surface area contributed by atoms with Crippen LogP contribution >= 0.6 is 0 Å². The van der Waals surface area contributed by atoms with Crippen molar-refractivity contribution in [1.29, 1.82) is 0 Å². The maximum Gasteiger partial charge on any atom is 0.307 e. The van der Waals surface area contributed by atoms with Crippen LogP contribution in [0.25, 0.3) is 0 Å². The number of rotatable bonds is 3. The van der Waals surface area contributed by atoms with Gasteiger partial charge in [0.15, 0.2) is 0 Å². The number of fused-ring (bicyclic) bond motifs is 1. The van der Waals surface area contributed by atoms with Crippen molar-refractivity contribution in [2.45, 2.75) is 26.4 Å². The second-order valence-corrected chi connectivity index (χ2v) is 4.51. The van der Waals surface area contributed by atoms with E-state index in [0.29, 0.717) is 12.3 Å². The molecule has 2 aliphatic rings. The fraction of sp³-hybridized carbons (Fsp3) is 0.222. The van der Waals surface area contributed by atoms with E-state index < -0.39 is 0 Å². The van der Waals surface area contributed by atoms with E-state index in [-0.39, 0.29) is 17.8 Å². The third-order valence-electron chi connectivity index (χ3n) is 2.99. The van der Waals surface area contributed by atoms with Gasteiger partial charge in [-0.25, -0.2) is 4.99 Å². The summed E-state index contributed by atoms with van der Waals surface area (Å²) in [5.41, 5.74) is 1.04. The Hall–Kier alpha value is -2.62. The Morgan fingerprint density at radius 2 is 2.00 bits per heavy atom. The summed E-state index contributed by atoms with van der Waals surface area (Å²) in [6.07, 6.45) is 9.36. The number of carbonyl (C=O) groups is 1. The van der Waals surface area contributed by atoms with E-state index in [1.165, 1.54) is 0 Å². The highest BCUT2D eigenvalue weighted by Crippen LogP contribution is 2.16. The van der Waals surface area contributed by atoms with Gasteiger partial charge in [-0.05, 0) is 17.7 Å². The van der Waals surface area contributed by atoms with Crippen LogP contribution in [0.1, 0.15) is 19.4 Å². The van der Waals surface area contributed by atoms with Gasteiger partial charge in [0.05, 0.1) is 6.04 Å². The number of carbonyl (C=O) groups excluding carboxylic acids is 1. The molecule has 1 unspecified atom stereocenters. The van der Waals surface area contributed by atoms with Gasteiger partial charge in [-0.15, -0.1) is 0 Å². The van der Waals surface area contributed by atoms with Crippen LogP contribution in [-0.4, -0.2) is 17.8 Å². The first-order chi connectivity index (χ1) is 10.8. The molecule has 0 radical (unpaired) electrons. The van der Waals surface area contributed by atoms with Crippen molar-refractivity contribution in [2.24, 2.45) is 4.99 Å². The lowest BCUT2D eigenvalue weighted by atomic mass is 10.2. The van der Waals surface area contributed by atoms with Crippen LogP contribution in [-0.2, 0) is 16.1 Å². The molecule has 1 aromatic carbocycles. The monoisotopic (exact) mass is 296 g/mol. The second-order valence-electron chi connectivity index (χ2n) is 4.51. The Labute approximate surface area is 130 Å². The van der Waals surface area contributed by atoms with Gasteiger partial charge in [-0.1, -0.05) is 62.4 Å². The summed E-state index contributed by atoms with van der Waals surface area (Å²) >= 11 is 0. The first-order valence-corrected chi connectivity index (χ1v) is 7.46. The summed E-state index contributed by atoms with van der Waals surface area (Å²) in [7, 11) is 0. The van der Waals surface area contributed by atoms with E-state index in [4.69, 9.17) is 4.74 Å². The summed E-state index contributed by atoms with van der Waals surface area (Å²) in [6.45, 7) is 4.46. The van der Waals surface area contributed by atoms with Crippen LogP contribution in [0.3, 0.4) is 0 Å². The van der Waals surface area contributed by atoms with Crippen LogP contribution in [0.4, 0.5) is 0 Å². The van der Waals surface area contributed by atoms with Crippen LogP contribution < -0.4 is 5.32 Å². The zero-order chi connectivity index (χ0) is 15.8. The lowest BCUT2D eigenvalue weighted by Crippen LogP contribution is -2.34. The van der Waals surface area contributed by atoms with E-state index in [0.717, 1.165) is 5.56 Å². The minimum absolute atomic E-state index is 0.111. The molecule has 0 saturated heterocycles. The lowest BCUT2D eigenvalue weighted by molar-refractivity contribution is -0.116. The molecule has 114 valence electrons. The van der Waals surface area contributed by atoms with Crippen molar-refractivity contribution in [3.8, 4) is 0 Å².